The lowest BCUT2D eigenvalue weighted by Gasteiger charge is -2.13. The number of aryl methyl sites for hydroxylation is 6. The number of nitrogens with zero attached hydrogens (tertiary/aromatic N) is 1. The molecule has 248 valence electrons. The summed E-state index contributed by atoms with van der Waals surface area (Å²) in [6, 6.07) is 30.1. The first-order chi connectivity index (χ1) is 24.0. The van der Waals surface area contributed by atoms with Crippen LogP contribution in [-0.2, 0) is 10.8 Å². The molecule has 0 spiro atoms. The monoisotopic (exact) mass is 672 g/mol. The van der Waals surface area contributed by atoms with Crippen LogP contribution in [0.1, 0.15) is 44.8 Å². The van der Waals surface area contributed by atoms with Crippen LogP contribution >= 0.6 is 0 Å². The highest BCUT2D eigenvalue weighted by Crippen LogP contribution is 2.39. The van der Waals surface area contributed by atoms with Crippen LogP contribution in [0.3, 0.4) is 0 Å². The molecule has 0 saturated carbocycles. The van der Waals surface area contributed by atoms with Gasteiger partial charge in [0.15, 0.2) is 0 Å². The number of aromatic nitrogens is 4. The summed E-state index contributed by atoms with van der Waals surface area (Å²) >= 11 is 0. The minimum absolute atomic E-state index is 0.799. The van der Waals surface area contributed by atoms with Crippen LogP contribution in [0, 0.1) is 41.5 Å². The van der Waals surface area contributed by atoms with Gasteiger partial charge in [0, 0.05) is 66.2 Å². The summed E-state index contributed by atoms with van der Waals surface area (Å²) in [6.45, 7) is 13.1. The SMILES string of the molecule is Cc1cc(C)c(-c2c3nc(c4ccc([nH]4)c(-c4c(C)cc(C)cc4C)c4ccc([nH]4)c(-c4ccc(S(C)=O)cc4)c4ccc2[nH]4)C=C3)c(C)c1. The van der Waals surface area contributed by atoms with Gasteiger partial charge in [0.2, 0.25) is 0 Å². The minimum Gasteiger partial charge on any atom is -0.354 e. The van der Waals surface area contributed by atoms with Gasteiger partial charge >= 0.3 is 0 Å². The molecule has 4 aromatic heterocycles. The van der Waals surface area contributed by atoms with E-state index in [2.05, 4.69) is 141 Å². The summed E-state index contributed by atoms with van der Waals surface area (Å²) < 4.78 is 12.4. The molecule has 5 heterocycles. The van der Waals surface area contributed by atoms with Crippen molar-refractivity contribution >= 4 is 56.1 Å². The van der Waals surface area contributed by atoms with Gasteiger partial charge in [0.1, 0.15) is 0 Å². The normalized spacial score (nSPS) is 12.6. The van der Waals surface area contributed by atoms with Gasteiger partial charge in [-0.1, -0.05) is 47.5 Å². The van der Waals surface area contributed by atoms with Crippen LogP contribution in [0.5, 0.6) is 0 Å². The summed E-state index contributed by atoms with van der Waals surface area (Å²) in [4.78, 5) is 17.5. The number of aromatic amines is 3. The lowest BCUT2D eigenvalue weighted by Crippen LogP contribution is -1.93. The average Bonchev–Trinajstić information content (AvgIpc) is 3.89. The zero-order chi connectivity index (χ0) is 34.8. The van der Waals surface area contributed by atoms with Crippen molar-refractivity contribution in [1.29, 1.82) is 0 Å². The summed E-state index contributed by atoms with van der Waals surface area (Å²) in [5.41, 5.74) is 21.8. The number of benzene rings is 3. The molecule has 0 saturated heterocycles. The van der Waals surface area contributed by atoms with Crippen LogP contribution in [0.15, 0.2) is 89.8 Å². The fraction of sp³-hybridized carbons (Fsp3) is 0.159. The van der Waals surface area contributed by atoms with Crippen molar-refractivity contribution in [3.63, 3.8) is 0 Å². The van der Waals surface area contributed by atoms with E-state index in [1.165, 1.54) is 44.5 Å². The maximum absolute atomic E-state index is 12.4. The van der Waals surface area contributed by atoms with E-state index in [1.54, 1.807) is 6.26 Å². The van der Waals surface area contributed by atoms with Gasteiger partial charge in [-0.05, 0) is 141 Å². The van der Waals surface area contributed by atoms with E-state index in [0.29, 0.717) is 0 Å². The molecule has 1 unspecified atom stereocenters. The van der Waals surface area contributed by atoms with Gasteiger partial charge in [-0.25, -0.2) is 4.98 Å². The number of rotatable bonds is 4. The van der Waals surface area contributed by atoms with Crippen molar-refractivity contribution < 1.29 is 4.21 Å². The smallest absolute Gasteiger partial charge is 0.0872 e. The zero-order valence-corrected chi connectivity index (χ0v) is 30.3. The second kappa shape index (κ2) is 12.1. The predicted octanol–water partition coefficient (Wildman–Crippen LogP) is 11.3. The fourth-order valence-electron chi connectivity index (χ4n) is 7.95. The van der Waals surface area contributed by atoms with Crippen molar-refractivity contribution in [2.24, 2.45) is 0 Å². The average molecular weight is 673 g/mol. The topological polar surface area (TPSA) is 77.3 Å². The lowest BCUT2D eigenvalue weighted by atomic mass is 9.92. The van der Waals surface area contributed by atoms with E-state index < -0.39 is 10.8 Å². The Balaban J connectivity index is 1.57. The third-order valence-electron chi connectivity index (χ3n) is 9.91. The van der Waals surface area contributed by atoms with Crippen LogP contribution in [-0.4, -0.2) is 30.4 Å². The van der Waals surface area contributed by atoms with Gasteiger partial charge in [-0.15, -0.1) is 0 Å². The molecule has 1 aliphatic rings. The molecule has 0 amide bonds. The van der Waals surface area contributed by atoms with E-state index in [1.807, 2.05) is 12.1 Å². The molecular weight excluding hydrogens is 633 g/mol. The molecule has 1 atom stereocenters. The van der Waals surface area contributed by atoms with Gasteiger partial charge in [0.05, 0.1) is 16.9 Å². The lowest BCUT2D eigenvalue weighted by molar-refractivity contribution is 0.687. The number of hydrogen-bond donors (Lipinski definition) is 3. The molecule has 50 heavy (non-hydrogen) atoms. The molecule has 3 N–H and O–H groups in total. The number of hydrogen-bond acceptors (Lipinski definition) is 2. The molecule has 0 aliphatic carbocycles. The van der Waals surface area contributed by atoms with E-state index in [0.717, 1.165) is 71.6 Å². The Morgan fingerprint density at radius 3 is 1.36 bits per heavy atom. The molecule has 1 aliphatic heterocycles. The predicted molar refractivity (Wildman–Crippen MR) is 212 cm³/mol. The van der Waals surface area contributed by atoms with Gasteiger partial charge < -0.3 is 15.0 Å². The van der Waals surface area contributed by atoms with Crippen molar-refractivity contribution in [3.05, 3.63) is 130 Å². The first kappa shape index (κ1) is 31.8. The Kier molecular flexibility index (Phi) is 7.72. The Morgan fingerprint density at radius 2 is 0.860 bits per heavy atom. The molecule has 6 heteroatoms. The highest BCUT2D eigenvalue weighted by atomic mass is 32.2. The van der Waals surface area contributed by atoms with Crippen molar-refractivity contribution in [2.45, 2.75) is 46.4 Å². The second-order valence-corrected chi connectivity index (χ2v) is 15.1. The van der Waals surface area contributed by atoms with Gasteiger partial charge in [0.25, 0.3) is 0 Å². The molecule has 5 nitrogen and oxygen atoms in total. The Labute approximate surface area is 295 Å². The minimum atomic E-state index is -1.07. The standard InChI is InChI=1S/C44H40N4OS/c1-24-20-26(3)40(27(4)21-24)43-36-14-12-32(45-36)33-13-15-37(46-33)44(41-28(5)22-25(2)23-29(41)6)39-19-17-35(48-39)42(34-16-18-38(43)47-34)30-8-10-31(11-9-30)50(7)49/h8-23,45,47-48H,1-7H3. The highest BCUT2D eigenvalue weighted by molar-refractivity contribution is 7.84. The largest absolute Gasteiger partial charge is 0.354 e. The first-order valence-corrected chi connectivity index (χ1v) is 18.6. The first-order valence-electron chi connectivity index (χ1n) is 17.0. The maximum Gasteiger partial charge on any atom is 0.0872 e. The van der Waals surface area contributed by atoms with Crippen LogP contribution in [0.4, 0.5) is 0 Å². The van der Waals surface area contributed by atoms with E-state index in [4.69, 9.17) is 4.98 Å². The van der Waals surface area contributed by atoms with E-state index in [9.17, 15) is 4.21 Å². The summed E-state index contributed by atoms with van der Waals surface area (Å²) in [7, 11) is -1.07. The molecular formula is C44H40N4OS. The fourth-order valence-corrected chi connectivity index (χ4v) is 8.47. The third kappa shape index (κ3) is 5.40. The number of H-pyrrole nitrogens is 3. The molecule has 8 bridgehead atoms. The number of nitrogens with one attached hydrogen (secondary N) is 3. The zero-order valence-electron chi connectivity index (χ0n) is 29.5. The van der Waals surface area contributed by atoms with E-state index in [-0.39, 0.29) is 0 Å². The van der Waals surface area contributed by atoms with Crippen molar-refractivity contribution in [3.8, 4) is 33.4 Å². The van der Waals surface area contributed by atoms with Crippen LogP contribution in [0.25, 0.3) is 78.6 Å². The third-order valence-corrected chi connectivity index (χ3v) is 10.8. The second-order valence-electron chi connectivity index (χ2n) is 13.7. The Hall–Kier alpha value is -5.46. The molecule has 3 aromatic carbocycles. The number of fused-ring (bicyclic) bond motifs is 9. The maximum atomic E-state index is 12.4. The molecule has 0 radical (unpaired) electrons. The summed E-state index contributed by atoms with van der Waals surface area (Å²) in [5.74, 6) is 0. The Morgan fingerprint density at radius 1 is 0.460 bits per heavy atom. The van der Waals surface area contributed by atoms with Crippen LogP contribution in [0.2, 0.25) is 0 Å². The van der Waals surface area contributed by atoms with Gasteiger partial charge in [-0.3, -0.25) is 4.21 Å². The van der Waals surface area contributed by atoms with Crippen molar-refractivity contribution in [2.75, 3.05) is 6.26 Å². The van der Waals surface area contributed by atoms with Gasteiger partial charge in [-0.2, -0.15) is 0 Å². The van der Waals surface area contributed by atoms with Crippen molar-refractivity contribution in [1.82, 2.24) is 19.9 Å². The quantitative estimate of drug-likeness (QED) is 0.174. The summed E-state index contributed by atoms with van der Waals surface area (Å²) in [5, 5.41) is 0. The summed E-state index contributed by atoms with van der Waals surface area (Å²) in [6.07, 6.45) is 5.97. The molecule has 0 fully saturated rings. The van der Waals surface area contributed by atoms with E-state index >= 15 is 0 Å². The van der Waals surface area contributed by atoms with Crippen LogP contribution < -0.4 is 0 Å². The highest BCUT2D eigenvalue weighted by Gasteiger charge is 2.19. The Bertz CT molecular complexity index is 2640. The molecule has 8 rings (SSSR count). The molecule has 7 aromatic rings.